The first-order chi connectivity index (χ1) is 21.8. The van der Waals surface area contributed by atoms with Crippen LogP contribution in [0.3, 0.4) is 0 Å². The van der Waals surface area contributed by atoms with E-state index in [0.29, 0.717) is 0 Å². The minimum atomic E-state index is -1.93. The molecule has 0 saturated carbocycles. The lowest BCUT2D eigenvalue weighted by Crippen LogP contribution is -2.60. The lowest BCUT2D eigenvalue weighted by atomic mass is 9.98. The van der Waals surface area contributed by atoms with Gasteiger partial charge in [0.15, 0.2) is 28.7 Å². The van der Waals surface area contributed by atoms with Gasteiger partial charge in [0, 0.05) is 16.2 Å². The Morgan fingerprint density at radius 1 is 0.717 bits per heavy atom. The van der Waals surface area contributed by atoms with Crippen molar-refractivity contribution in [2.24, 2.45) is 0 Å². The molecule has 1 fully saturated rings. The van der Waals surface area contributed by atoms with Crippen LogP contribution in [-0.4, -0.2) is 94.3 Å². The Hall–Kier alpha value is -5.68. The van der Waals surface area contributed by atoms with Crippen molar-refractivity contribution >= 4 is 38.5 Å². The van der Waals surface area contributed by atoms with Crippen molar-refractivity contribution in [3.05, 3.63) is 58.4 Å². The van der Waals surface area contributed by atoms with E-state index >= 15 is 0 Å². The first-order valence-corrected chi connectivity index (χ1v) is 13.4. The fraction of sp³-hybridized carbons (Fsp3) is 0.200. The van der Waals surface area contributed by atoms with Crippen molar-refractivity contribution in [2.75, 3.05) is 6.61 Å². The van der Waals surface area contributed by atoms with Crippen molar-refractivity contribution < 1.29 is 74.5 Å². The van der Waals surface area contributed by atoms with Gasteiger partial charge in [-0.05, 0) is 30.3 Å². The smallest absolute Gasteiger partial charge is 0.344 e. The molecule has 5 aromatic rings. The number of carbonyl (C=O) groups excluding carboxylic acids is 1. The van der Waals surface area contributed by atoms with Gasteiger partial charge in [0.2, 0.25) is 12.0 Å². The molecule has 0 bridgehead atoms. The Bertz CT molecular complexity index is 2080. The molecule has 16 heteroatoms. The van der Waals surface area contributed by atoms with Crippen molar-refractivity contribution in [3.63, 3.8) is 0 Å². The summed E-state index contributed by atoms with van der Waals surface area (Å²) in [6.07, 6.45) is -9.01. The van der Waals surface area contributed by atoms with E-state index in [4.69, 9.17) is 18.6 Å². The third-order valence-corrected chi connectivity index (χ3v) is 7.59. The molecule has 240 valence electrons. The number of hydrogen-bond donors (Lipinski definition) is 10. The number of hydrogen-bond acceptors (Lipinski definition) is 16. The van der Waals surface area contributed by atoms with E-state index in [-0.39, 0.29) is 43.8 Å². The van der Waals surface area contributed by atoms with E-state index in [2.05, 4.69) is 0 Å². The fourth-order valence-corrected chi connectivity index (χ4v) is 5.26. The molecule has 46 heavy (non-hydrogen) atoms. The van der Waals surface area contributed by atoms with Gasteiger partial charge in [0.1, 0.15) is 48.1 Å². The van der Waals surface area contributed by atoms with E-state index in [1.807, 2.05) is 0 Å². The number of fused-ring (bicyclic) bond motifs is 5. The van der Waals surface area contributed by atoms with E-state index < -0.39 is 89.2 Å². The predicted molar refractivity (Wildman–Crippen MR) is 153 cm³/mol. The van der Waals surface area contributed by atoms with Crippen LogP contribution in [0.4, 0.5) is 0 Å². The topological polar surface area (TPSA) is 277 Å². The third kappa shape index (κ3) is 4.81. The fourth-order valence-electron chi connectivity index (χ4n) is 5.26. The maximum Gasteiger partial charge on any atom is 0.344 e. The van der Waals surface area contributed by atoms with Crippen LogP contribution in [0, 0.1) is 0 Å². The Balaban J connectivity index is 1.38. The molecule has 2 heterocycles. The molecule has 1 aliphatic rings. The van der Waals surface area contributed by atoms with Crippen molar-refractivity contribution in [2.45, 2.75) is 30.7 Å². The van der Waals surface area contributed by atoms with Crippen LogP contribution in [0.2, 0.25) is 0 Å². The maximum absolute atomic E-state index is 12.8. The van der Waals surface area contributed by atoms with Gasteiger partial charge in [-0.25, -0.2) is 9.59 Å². The molecule has 0 amide bonds. The van der Waals surface area contributed by atoms with Gasteiger partial charge in [-0.2, -0.15) is 0 Å². The first-order valence-electron chi connectivity index (χ1n) is 13.4. The number of aromatic hydroxyl groups is 7. The molecule has 6 rings (SSSR count). The molecule has 0 spiro atoms. The average molecular weight is 641 g/mol. The first kappa shape index (κ1) is 30.4. The highest BCUT2D eigenvalue weighted by Crippen LogP contribution is 2.47. The zero-order valence-electron chi connectivity index (χ0n) is 23.1. The minimum absolute atomic E-state index is 0.0488. The lowest BCUT2D eigenvalue weighted by molar-refractivity contribution is -0.277. The average Bonchev–Trinajstić information content (AvgIpc) is 3.02. The largest absolute Gasteiger partial charge is 0.507 e. The number of aliphatic hydroxyl groups is 3. The third-order valence-electron chi connectivity index (χ3n) is 7.59. The van der Waals surface area contributed by atoms with Crippen LogP contribution in [0.1, 0.15) is 10.4 Å². The number of phenolic OH excluding ortho intramolecular Hbond substituents is 7. The predicted octanol–water partition coefficient (Wildman–Crippen LogP) is 1.08. The summed E-state index contributed by atoms with van der Waals surface area (Å²) in [5.41, 5.74) is -1.54. The Morgan fingerprint density at radius 2 is 1.39 bits per heavy atom. The Morgan fingerprint density at radius 3 is 2.09 bits per heavy atom. The Kier molecular flexibility index (Phi) is 7.28. The van der Waals surface area contributed by atoms with Gasteiger partial charge in [0.05, 0.1) is 16.3 Å². The zero-order chi connectivity index (χ0) is 33.2. The van der Waals surface area contributed by atoms with Crippen LogP contribution in [0.5, 0.6) is 46.0 Å². The number of benzene rings is 4. The molecule has 1 aliphatic heterocycles. The molecule has 10 N–H and O–H groups in total. The molecule has 16 nitrogen and oxygen atoms in total. The molecule has 4 aromatic carbocycles. The van der Waals surface area contributed by atoms with Crippen LogP contribution in [0.15, 0.2) is 51.7 Å². The van der Waals surface area contributed by atoms with Gasteiger partial charge >= 0.3 is 11.6 Å². The van der Waals surface area contributed by atoms with Crippen molar-refractivity contribution in [1.82, 2.24) is 0 Å². The number of ether oxygens (including phenoxy) is 3. The van der Waals surface area contributed by atoms with Crippen molar-refractivity contribution in [3.8, 4) is 46.0 Å². The summed E-state index contributed by atoms with van der Waals surface area (Å²) in [6, 6.07) is 7.76. The number of esters is 1. The van der Waals surface area contributed by atoms with Crippen molar-refractivity contribution in [1.29, 1.82) is 0 Å². The quantitative estimate of drug-likeness (QED) is 0.0557. The molecular formula is C30H24O16. The van der Waals surface area contributed by atoms with E-state index in [0.717, 1.165) is 18.2 Å². The number of aliphatic hydroxyl groups excluding tert-OH is 3. The molecule has 5 atom stereocenters. The van der Waals surface area contributed by atoms with Gasteiger partial charge in [-0.1, -0.05) is 12.1 Å². The summed E-state index contributed by atoms with van der Waals surface area (Å²) in [4.78, 5) is 25.3. The van der Waals surface area contributed by atoms with Crippen LogP contribution in [0.25, 0.3) is 32.5 Å². The van der Waals surface area contributed by atoms with Gasteiger partial charge in [-0.3, -0.25) is 0 Å². The van der Waals surface area contributed by atoms with E-state index in [9.17, 15) is 60.7 Å². The van der Waals surface area contributed by atoms with Gasteiger partial charge in [-0.15, -0.1) is 0 Å². The standard InChI is InChI=1S/C30H24O16/c31-13-3-1-2-10-20(13)17(7-11-19-12(29(42)46-27(10)11)6-16(34)22(36)24(19)38)44-30-26(40)25(39)23(37)18(45-30)8-43-28(41)9-4-14(32)21(35)15(33)5-9/h1-7,18,23,25-26,30-40H,8H2/t18-,23-,25+,26-,30-/m1/s1. The normalized spacial score (nSPS) is 21.5. The maximum atomic E-state index is 12.8. The molecule has 0 unspecified atom stereocenters. The van der Waals surface area contributed by atoms with Gasteiger partial charge < -0.3 is 69.7 Å². The summed E-state index contributed by atoms with van der Waals surface area (Å²) < 4.78 is 22.0. The number of carbonyl (C=O) groups is 1. The van der Waals surface area contributed by atoms with E-state index in [1.165, 1.54) is 24.3 Å². The summed E-state index contributed by atoms with van der Waals surface area (Å²) in [6.45, 7) is -0.748. The highest BCUT2D eigenvalue weighted by atomic mass is 16.7. The highest BCUT2D eigenvalue weighted by Gasteiger charge is 2.46. The molecular weight excluding hydrogens is 616 g/mol. The highest BCUT2D eigenvalue weighted by molar-refractivity contribution is 6.19. The molecule has 1 aromatic heterocycles. The monoisotopic (exact) mass is 640 g/mol. The zero-order valence-corrected chi connectivity index (χ0v) is 23.1. The second-order valence-corrected chi connectivity index (χ2v) is 10.5. The van der Waals surface area contributed by atoms with E-state index in [1.54, 1.807) is 0 Å². The Labute approximate surface area is 254 Å². The minimum Gasteiger partial charge on any atom is -0.507 e. The summed E-state index contributed by atoms with van der Waals surface area (Å²) >= 11 is 0. The second kappa shape index (κ2) is 11.0. The molecule has 0 aliphatic carbocycles. The summed E-state index contributed by atoms with van der Waals surface area (Å²) in [5, 5.41) is 102. The van der Waals surface area contributed by atoms with Crippen LogP contribution < -0.4 is 10.4 Å². The van der Waals surface area contributed by atoms with Crippen LogP contribution >= 0.6 is 0 Å². The van der Waals surface area contributed by atoms with Gasteiger partial charge in [0.25, 0.3) is 0 Å². The van der Waals surface area contributed by atoms with Crippen LogP contribution in [-0.2, 0) is 9.47 Å². The lowest BCUT2D eigenvalue weighted by Gasteiger charge is -2.40. The second-order valence-electron chi connectivity index (χ2n) is 10.5. The SMILES string of the molecule is O=C(OC[C@H]1O[C@@H](Oc2cc3c(oc(=O)c4cc(O)c(O)c(O)c43)c3cccc(O)c23)[C@H](O)[C@@H](O)[C@@H]1O)c1cc(O)c(O)c(O)c1. The summed E-state index contributed by atoms with van der Waals surface area (Å²) in [7, 11) is 0. The molecule has 0 radical (unpaired) electrons. The summed E-state index contributed by atoms with van der Waals surface area (Å²) in [5.74, 6) is -6.90. The molecule has 1 saturated heterocycles. The number of phenols is 7. The number of rotatable bonds is 5.